The van der Waals surface area contributed by atoms with Crippen LogP contribution in [0.1, 0.15) is 21.7 Å². The first-order chi connectivity index (χ1) is 14.8. The molecule has 4 aromatic rings. The summed E-state index contributed by atoms with van der Waals surface area (Å²) in [5.41, 5.74) is -1.47. The molecular formula is C20H14F4N6O. The number of carbonyl (C=O) groups is 1. The van der Waals surface area contributed by atoms with E-state index in [2.05, 4.69) is 20.7 Å². The number of hydrogen-bond acceptors (Lipinski definition) is 4. The lowest BCUT2D eigenvalue weighted by atomic mass is 10.2. The lowest BCUT2D eigenvalue weighted by molar-refractivity contribution is -0.143. The summed E-state index contributed by atoms with van der Waals surface area (Å²) >= 11 is 0. The second-order valence-electron chi connectivity index (χ2n) is 6.53. The van der Waals surface area contributed by atoms with Gasteiger partial charge in [-0.2, -0.15) is 18.3 Å². The third kappa shape index (κ3) is 4.44. The minimum atomic E-state index is -4.95. The fourth-order valence-corrected chi connectivity index (χ4v) is 3.00. The van der Waals surface area contributed by atoms with Crippen molar-refractivity contribution >= 4 is 11.6 Å². The topological polar surface area (TPSA) is 77.6 Å². The number of hydrogen-bond donors (Lipinski definition) is 1. The van der Waals surface area contributed by atoms with Crippen molar-refractivity contribution in [2.45, 2.75) is 12.7 Å². The number of rotatable bonds is 5. The van der Waals surface area contributed by atoms with Crippen LogP contribution in [0.15, 0.2) is 67.0 Å². The summed E-state index contributed by atoms with van der Waals surface area (Å²) in [5, 5.41) is 13.3. The predicted molar refractivity (Wildman–Crippen MR) is 102 cm³/mol. The lowest BCUT2D eigenvalue weighted by Gasteiger charge is -2.12. The zero-order chi connectivity index (χ0) is 22.0. The fraction of sp³-hybridized carbons (Fsp3) is 0.100. The second-order valence-corrected chi connectivity index (χ2v) is 6.53. The Morgan fingerprint density at radius 2 is 1.87 bits per heavy atom. The van der Waals surface area contributed by atoms with Crippen LogP contribution in [-0.2, 0) is 12.7 Å². The maximum Gasteiger partial charge on any atom is 0.435 e. The third-order valence-corrected chi connectivity index (χ3v) is 4.30. The number of nitrogens with one attached hydrogen (secondary N) is 1. The van der Waals surface area contributed by atoms with Crippen molar-refractivity contribution in [3.63, 3.8) is 0 Å². The largest absolute Gasteiger partial charge is 0.435 e. The molecule has 2 heterocycles. The van der Waals surface area contributed by atoms with Gasteiger partial charge in [-0.3, -0.25) is 9.48 Å². The number of amides is 1. The SMILES string of the molecule is O=C(Nc1cccc(Cn2cccn2)c1)c1nnn(-c2cccc(F)c2)c1C(F)(F)F. The quantitative estimate of drug-likeness (QED) is 0.487. The molecule has 0 radical (unpaired) electrons. The van der Waals surface area contributed by atoms with E-state index >= 15 is 0 Å². The maximum atomic E-state index is 13.7. The molecule has 11 heteroatoms. The maximum absolute atomic E-state index is 13.7. The first-order valence-electron chi connectivity index (χ1n) is 8.98. The number of aromatic nitrogens is 5. The molecule has 0 spiro atoms. The van der Waals surface area contributed by atoms with Crippen molar-refractivity contribution in [3.8, 4) is 5.69 Å². The Morgan fingerprint density at radius 3 is 2.58 bits per heavy atom. The van der Waals surface area contributed by atoms with Gasteiger partial charge in [0, 0.05) is 18.1 Å². The molecule has 0 atom stereocenters. The molecule has 0 aliphatic rings. The van der Waals surface area contributed by atoms with Gasteiger partial charge in [0.15, 0.2) is 11.4 Å². The van der Waals surface area contributed by atoms with Crippen LogP contribution in [0.4, 0.5) is 23.2 Å². The van der Waals surface area contributed by atoms with Gasteiger partial charge in [0.05, 0.1) is 12.2 Å². The third-order valence-electron chi connectivity index (χ3n) is 4.30. The number of anilines is 1. The van der Waals surface area contributed by atoms with Crippen molar-refractivity contribution < 1.29 is 22.4 Å². The van der Waals surface area contributed by atoms with Gasteiger partial charge in [-0.1, -0.05) is 23.4 Å². The van der Waals surface area contributed by atoms with Crippen LogP contribution in [0.3, 0.4) is 0 Å². The summed E-state index contributed by atoms with van der Waals surface area (Å²) in [6.45, 7) is 0.417. The fourth-order valence-electron chi connectivity index (χ4n) is 3.00. The Morgan fingerprint density at radius 1 is 1.06 bits per heavy atom. The van der Waals surface area contributed by atoms with E-state index in [0.717, 1.165) is 17.7 Å². The van der Waals surface area contributed by atoms with E-state index in [1.807, 2.05) is 0 Å². The van der Waals surface area contributed by atoms with Gasteiger partial charge in [-0.15, -0.1) is 5.10 Å². The molecule has 1 N–H and O–H groups in total. The van der Waals surface area contributed by atoms with E-state index in [1.165, 1.54) is 18.2 Å². The van der Waals surface area contributed by atoms with E-state index in [9.17, 15) is 22.4 Å². The van der Waals surface area contributed by atoms with E-state index in [-0.39, 0.29) is 11.4 Å². The number of benzene rings is 2. The molecule has 0 fully saturated rings. The van der Waals surface area contributed by atoms with Gasteiger partial charge in [0.25, 0.3) is 5.91 Å². The number of halogens is 4. The minimum absolute atomic E-state index is 0.208. The van der Waals surface area contributed by atoms with Crippen molar-refractivity contribution in [2.24, 2.45) is 0 Å². The van der Waals surface area contributed by atoms with Crippen LogP contribution in [-0.4, -0.2) is 30.7 Å². The molecule has 4 rings (SSSR count). The van der Waals surface area contributed by atoms with Gasteiger partial charge in [0.1, 0.15) is 5.82 Å². The van der Waals surface area contributed by atoms with Crippen LogP contribution >= 0.6 is 0 Å². The van der Waals surface area contributed by atoms with Crippen LogP contribution in [0.25, 0.3) is 5.69 Å². The second kappa shape index (κ2) is 8.01. The van der Waals surface area contributed by atoms with Crippen molar-refractivity contribution in [1.82, 2.24) is 24.8 Å². The molecule has 0 saturated heterocycles. The summed E-state index contributed by atoms with van der Waals surface area (Å²) in [6, 6.07) is 12.8. The summed E-state index contributed by atoms with van der Waals surface area (Å²) in [6.07, 6.45) is -1.58. The van der Waals surface area contributed by atoms with Crippen molar-refractivity contribution in [3.05, 3.63) is 89.8 Å². The first-order valence-corrected chi connectivity index (χ1v) is 8.98. The minimum Gasteiger partial charge on any atom is -0.321 e. The van der Waals surface area contributed by atoms with Crippen molar-refractivity contribution in [1.29, 1.82) is 0 Å². The molecule has 2 aromatic carbocycles. The zero-order valence-electron chi connectivity index (χ0n) is 15.7. The molecule has 158 valence electrons. The van der Waals surface area contributed by atoms with E-state index in [0.29, 0.717) is 11.2 Å². The molecule has 0 unspecified atom stereocenters. The van der Waals surface area contributed by atoms with Gasteiger partial charge < -0.3 is 5.32 Å². The molecule has 0 aliphatic heterocycles. The van der Waals surface area contributed by atoms with Crippen LogP contribution < -0.4 is 5.32 Å². The first kappa shape index (κ1) is 20.3. The van der Waals surface area contributed by atoms with E-state index < -0.39 is 29.3 Å². The molecule has 2 aromatic heterocycles. The summed E-state index contributed by atoms with van der Waals surface area (Å²) in [4.78, 5) is 12.6. The molecule has 0 aliphatic carbocycles. The predicted octanol–water partition coefficient (Wildman–Crippen LogP) is 3.92. The zero-order valence-corrected chi connectivity index (χ0v) is 15.7. The molecule has 1 amide bonds. The number of nitrogens with zero attached hydrogens (tertiary/aromatic N) is 5. The van der Waals surface area contributed by atoms with E-state index in [1.54, 1.807) is 41.3 Å². The molecular weight excluding hydrogens is 416 g/mol. The molecule has 7 nitrogen and oxygen atoms in total. The normalized spacial score (nSPS) is 11.5. The average molecular weight is 430 g/mol. The standard InChI is InChI=1S/C20H14F4N6O/c21-14-5-2-7-16(11-14)30-18(20(22,23)24)17(27-28-30)19(31)26-15-6-1-4-13(10-15)12-29-9-3-8-25-29/h1-11H,12H2,(H,26,31). The van der Waals surface area contributed by atoms with Gasteiger partial charge in [-0.25, -0.2) is 9.07 Å². The number of carbonyl (C=O) groups excluding carboxylic acids is 1. The Hall–Kier alpha value is -4.02. The molecule has 0 saturated carbocycles. The monoisotopic (exact) mass is 430 g/mol. The molecule has 0 bridgehead atoms. The summed E-state index contributed by atoms with van der Waals surface area (Å²) in [7, 11) is 0. The Labute approximate surface area is 172 Å². The number of alkyl halides is 3. The smallest absolute Gasteiger partial charge is 0.321 e. The highest BCUT2D eigenvalue weighted by Gasteiger charge is 2.42. The van der Waals surface area contributed by atoms with Crippen LogP contribution in [0.5, 0.6) is 0 Å². The lowest BCUT2D eigenvalue weighted by Crippen LogP contribution is -2.21. The van der Waals surface area contributed by atoms with E-state index in [4.69, 9.17) is 0 Å². The summed E-state index contributed by atoms with van der Waals surface area (Å²) < 4.78 is 56.7. The highest BCUT2D eigenvalue weighted by Crippen LogP contribution is 2.33. The Bertz CT molecular complexity index is 1220. The summed E-state index contributed by atoms with van der Waals surface area (Å²) in [5.74, 6) is -1.84. The highest BCUT2D eigenvalue weighted by molar-refractivity contribution is 6.03. The highest BCUT2D eigenvalue weighted by atomic mass is 19.4. The van der Waals surface area contributed by atoms with Crippen molar-refractivity contribution in [2.75, 3.05) is 5.32 Å². The van der Waals surface area contributed by atoms with Gasteiger partial charge in [-0.05, 0) is 42.0 Å². The Balaban J connectivity index is 1.63. The van der Waals surface area contributed by atoms with Crippen LogP contribution in [0.2, 0.25) is 0 Å². The van der Waals surface area contributed by atoms with Gasteiger partial charge >= 0.3 is 6.18 Å². The Kier molecular flexibility index (Phi) is 5.24. The average Bonchev–Trinajstić information content (AvgIpc) is 3.37. The van der Waals surface area contributed by atoms with Crippen LogP contribution in [0, 0.1) is 5.82 Å². The van der Waals surface area contributed by atoms with Gasteiger partial charge in [0.2, 0.25) is 0 Å². The molecule has 31 heavy (non-hydrogen) atoms.